The van der Waals surface area contributed by atoms with Gasteiger partial charge in [0.1, 0.15) is 0 Å². The van der Waals surface area contributed by atoms with Gasteiger partial charge in [0.15, 0.2) is 0 Å². The van der Waals surface area contributed by atoms with Crippen molar-refractivity contribution in [3.63, 3.8) is 0 Å². The molecule has 2 nitrogen and oxygen atoms in total. The number of anilines is 1. The second-order valence-corrected chi connectivity index (χ2v) is 5.47. The van der Waals surface area contributed by atoms with Crippen LogP contribution in [0.2, 0.25) is 0 Å². The van der Waals surface area contributed by atoms with Crippen molar-refractivity contribution < 1.29 is 0 Å². The van der Waals surface area contributed by atoms with Crippen LogP contribution in [0.25, 0.3) is 0 Å². The Morgan fingerprint density at radius 3 is 2.33 bits per heavy atom. The van der Waals surface area contributed by atoms with Crippen LogP contribution >= 0.6 is 0 Å². The quantitative estimate of drug-likeness (QED) is 0.863. The number of benzene rings is 1. The molecule has 1 atom stereocenters. The van der Waals surface area contributed by atoms with E-state index in [2.05, 4.69) is 43.0 Å². The van der Waals surface area contributed by atoms with Gasteiger partial charge in [-0.1, -0.05) is 30.5 Å². The van der Waals surface area contributed by atoms with Gasteiger partial charge in [0, 0.05) is 24.8 Å². The van der Waals surface area contributed by atoms with Crippen molar-refractivity contribution in [2.45, 2.75) is 45.6 Å². The highest BCUT2D eigenvalue weighted by molar-refractivity contribution is 5.48. The molecule has 0 radical (unpaired) electrons. The van der Waals surface area contributed by atoms with Gasteiger partial charge in [0.05, 0.1) is 0 Å². The molecule has 100 valence electrons. The minimum Gasteiger partial charge on any atom is -0.367 e. The van der Waals surface area contributed by atoms with E-state index in [4.69, 9.17) is 5.73 Å². The number of hydrogen-bond acceptors (Lipinski definition) is 2. The lowest BCUT2D eigenvalue weighted by atomic mass is 9.96. The fraction of sp³-hybridized carbons (Fsp3) is 0.625. The fourth-order valence-electron chi connectivity index (χ4n) is 3.26. The second kappa shape index (κ2) is 6.24. The van der Waals surface area contributed by atoms with Gasteiger partial charge in [-0.15, -0.1) is 0 Å². The van der Waals surface area contributed by atoms with E-state index in [-0.39, 0.29) is 0 Å². The summed E-state index contributed by atoms with van der Waals surface area (Å²) in [7, 11) is 0. The van der Waals surface area contributed by atoms with E-state index in [1.54, 1.807) is 0 Å². The molecule has 0 saturated heterocycles. The molecule has 1 aliphatic carbocycles. The first kappa shape index (κ1) is 13.4. The molecule has 0 aromatic heterocycles. The lowest BCUT2D eigenvalue weighted by Crippen LogP contribution is -2.45. The Labute approximate surface area is 111 Å². The average Bonchev–Trinajstić information content (AvgIpc) is 2.91. The summed E-state index contributed by atoms with van der Waals surface area (Å²) >= 11 is 0. The van der Waals surface area contributed by atoms with Crippen LogP contribution in [0.3, 0.4) is 0 Å². The summed E-state index contributed by atoms with van der Waals surface area (Å²) in [5.74, 6) is 0.788. The average molecular weight is 246 g/mol. The first-order valence-corrected chi connectivity index (χ1v) is 7.29. The molecule has 0 spiro atoms. The van der Waals surface area contributed by atoms with Gasteiger partial charge in [-0.2, -0.15) is 0 Å². The van der Waals surface area contributed by atoms with Crippen LogP contribution in [0.4, 0.5) is 5.69 Å². The lowest BCUT2D eigenvalue weighted by molar-refractivity contribution is 0.412. The maximum atomic E-state index is 6.05. The van der Waals surface area contributed by atoms with E-state index in [1.165, 1.54) is 36.9 Å². The van der Waals surface area contributed by atoms with Gasteiger partial charge in [-0.3, -0.25) is 0 Å². The number of hydrogen-bond donors (Lipinski definition) is 1. The molecule has 0 bridgehead atoms. The van der Waals surface area contributed by atoms with E-state index in [9.17, 15) is 0 Å². The maximum Gasteiger partial charge on any atom is 0.0440 e. The fourth-order valence-corrected chi connectivity index (χ4v) is 3.26. The third-order valence-corrected chi connectivity index (χ3v) is 4.29. The predicted octanol–water partition coefficient (Wildman–Crippen LogP) is 3.34. The van der Waals surface area contributed by atoms with Gasteiger partial charge in [-0.05, 0) is 44.7 Å². The Kier molecular flexibility index (Phi) is 4.65. The Morgan fingerprint density at radius 2 is 1.83 bits per heavy atom. The van der Waals surface area contributed by atoms with Gasteiger partial charge < -0.3 is 10.6 Å². The lowest BCUT2D eigenvalue weighted by Gasteiger charge is -2.36. The summed E-state index contributed by atoms with van der Waals surface area (Å²) < 4.78 is 0. The molecule has 1 aromatic rings. The van der Waals surface area contributed by atoms with Crippen LogP contribution in [0, 0.1) is 12.8 Å². The molecule has 0 amide bonds. The monoisotopic (exact) mass is 246 g/mol. The molecule has 1 aromatic carbocycles. The highest BCUT2D eigenvalue weighted by Crippen LogP contribution is 2.32. The highest BCUT2D eigenvalue weighted by Gasteiger charge is 2.28. The van der Waals surface area contributed by atoms with Crippen LogP contribution in [-0.4, -0.2) is 19.1 Å². The highest BCUT2D eigenvalue weighted by atomic mass is 15.2. The molecular weight excluding hydrogens is 220 g/mol. The molecule has 0 aliphatic heterocycles. The van der Waals surface area contributed by atoms with Crippen LogP contribution in [0.5, 0.6) is 0 Å². The molecule has 2 rings (SSSR count). The number of nitrogens with zero attached hydrogens (tertiary/aromatic N) is 1. The first-order valence-electron chi connectivity index (χ1n) is 7.29. The third kappa shape index (κ3) is 2.86. The minimum absolute atomic E-state index is 0.514. The van der Waals surface area contributed by atoms with E-state index in [0.717, 1.165) is 19.0 Å². The molecule has 0 heterocycles. The van der Waals surface area contributed by atoms with E-state index in [0.29, 0.717) is 6.04 Å². The topological polar surface area (TPSA) is 29.3 Å². The molecular formula is C16H26N2. The molecule has 1 saturated carbocycles. The second-order valence-electron chi connectivity index (χ2n) is 5.47. The van der Waals surface area contributed by atoms with Crippen LogP contribution in [0.15, 0.2) is 24.3 Å². The van der Waals surface area contributed by atoms with Gasteiger partial charge in [0.2, 0.25) is 0 Å². The van der Waals surface area contributed by atoms with Crippen molar-refractivity contribution >= 4 is 5.69 Å². The van der Waals surface area contributed by atoms with E-state index >= 15 is 0 Å². The summed E-state index contributed by atoms with van der Waals surface area (Å²) in [6, 6.07) is 9.37. The first-order chi connectivity index (χ1) is 8.76. The van der Waals surface area contributed by atoms with Crippen molar-refractivity contribution in [2.75, 3.05) is 18.0 Å². The summed E-state index contributed by atoms with van der Waals surface area (Å²) in [4.78, 5) is 2.50. The number of likely N-dealkylation sites (N-methyl/N-ethyl adjacent to an activating group) is 1. The SMILES string of the molecule is CCN(c1ccc(C)cc1)C(CN)C1CCCC1. The molecule has 2 heteroatoms. The van der Waals surface area contributed by atoms with Crippen molar-refractivity contribution in [3.8, 4) is 0 Å². The standard InChI is InChI=1S/C16H26N2/c1-3-18(15-10-8-13(2)9-11-15)16(12-17)14-6-4-5-7-14/h8-11,14,16H,3-7,12,17H2,1-2H3. The largest absolute Gasteiger partial charge is 0.367 e. The molecule has 18 heavy (non-hydrogen) atoms. The predicted molar refractivity (Wildman–Crippen MR) is 79.0 cm³/mol. The van der Waals surface area contributed by atoms with Crippen molar-refractivity contribution in [2.24, 2.45) is 11.7 Å². The van der Waals surface area contributed by atoms with Gasteiger partial charge in [0.25, 0.3) is 0 Å². The van der Waals surface area contributed by atoms with Crippen molar-refractivity contribution in [3.05, 3.63) is 29.8 Å². The minimum atomic E-state index is 0.514. The maximum absolute atomic E-state index is 6.05. The molecule has 2 N–H and O–H groups in total. The van der Waals surface area contributed by atoms with Crippen LogP contribution in [0.1, 0.15) is 38.2 Å². The van der Waals surface area contributed by atoms with E-state index in [1.807, 2.05) is 0 Å². The van der Waals surface area contributed by atoms with Crippen molar-refractivity contribution in [1.82, 2.24) is 0 Å². The van der Waals surface area contributed by atoms with Gasteiger partial charge >= 0.3 is 0 Å². The Hall–Kier alpha value is -1.02. The molecule has 1 aliphatic rings. The Balaban J connectivity index is 2.17. The smallest absolute Gasteiger partial charge is 0.0440 e. The van der Waals surface area contributed by atoms with Crippen LogP contribution < -0.4 is 10.6 Å². The zero-order valence-corrected chi connectivity index (χ0v) is 11.7. The molecule has 1 unspecified atom stereocenters. The normalized spacial score (nSPS) is 17.9. The Bertz CT molecular complexity index is 352. The van der Waals surface area contributed by atoms with E-state index < -0.39 is 0 Å². The summed E-state index contributed by atoms with van der Waals surface area (Å²) in [6.07, 6.45) is 5.47. The summed E-state index contributed by atoms with van der Waals surface area (Å²) in [6.45, 7) is 6.18. The van der Waals surface area contributed by atoms with Crippen molar-refractivity contribution in [1.29, 1.82) is 0 Å². The third-order valence-electron chi connectivity index (χ3n) is 4.29. The number of aryl methyl sites for hydroxylation is 1. The zero-order chi connectivity index (χ0) is 13.0. The number of rotatable bonds is 5. The summed E-state index contributed by atoms with van der Waals surface area (Å²) in [5, 5.41) is 0. The Morgan fingerprint density at radius 1 is 1.22 bits per heavy atom. The molecule has 1 fully saturated rings. The zero-order valence-electron chi connectivity index (χ0n) is 11.7. The summed E-state index contributed by atoms with van der Waals surface area (Å²) in [5.41, 5.74) is 8.70. The number of nitrogens with two attached hydrogens (primary N) is 1. The van der Waals surface area contributed by atoms with Crippen LogP contribution in [-0.2, 0) is 0 Å². The van der Waals surface area contributed by atoms with Gasteiger partial charge in [-0.25, -0.2) is 0 Å².